The van der Waals surface area contributed by atoms with Gasteiger partial charge in [0.25, 0.3) is 0 Å². The van der Waals surface area contributed by atoms with Crippen LogP contribution >= 0.6 is 7.82 Å². The van der Waals surface area contributed by atoms with Crippen molar-refractivity contribution < 1.29 is 47.5 Å². The van der Waals surface area contributed by atoms with Crippen LogP contribution in [0.15, 0.2) is 24.3 Å². The van der Waals surface area contributed by atoms with Crippen LogP contribution in [0.25, 0.3) is 0 Å². The Balaban J connectivity index is 4.35. The number of carbonyl (C=O) groups excluding carboxylic acids is 2. The maximum Gasteiger partial charge on any atom is 0.472 e. The van der Waals surface area contributed by atoms with Gasteiger partial charge in [-0.2, -0.15) is 0 Å². The first-order chi connectivity index (χ1) is 26.6. The molecule has 0 aliphatic rings. The molecule has 0 aliphatic carbocycles. The van der Waals surface area contributed by atoms with E-state index in [1.807, 2.05) is 0 Å². The minimum Gasteiger partial charge on any atom is -0.480 e. The predicted octanol–water partition coefficient (Wildman–Crippen LogP) is 11.5. The van der Waals surface area contributed by atoms with Crippen LogP contribution in [0.5, 0.6) is 0 Å². The molecule has 1 unspecified atom stereocenters. The third-order valence-corrected chi connectivity index (χ3v) is 10.4. The van der Waals surface area contributed by atoms with Gasteiger partial charge in [-0.15, -0.1) is 0 Å². The topological polar surface area (TPSA) is 172 Å². The molecule has 3 atom stereocenters. The van der Waals surface area contributed by atoms with Crippen molar-refractivity contribution in [1.82, 2.24) is 0 Å². The second-order valence-electron chi connectivity index (χ2n) is 14.8. The molecule has 55 heavy (non-hydrogen) atoms. The molecular formula is C43H80NO10P. The number of esters is 2. The molecule has 4 N–H and O–H groups in total. The third kappa shape index (κ3) is 38.6. The van der Waals surface area contributed by atoms with E-state index in [2.05, 4.69) is 42.7 Å². The van der Waals surface area contributed by atoms with E-state index in [1.165, 1.54) is 96.3 Å². The summed E-state index contributed by atoms with van der Waals surface area (Å²) in [5.74, 6) is -2.39. The monoisotopic (exact) mass is 802 g/mol. The molecule has 0 rings (SSSR count). The SMILES string of the molecule is CCCC/C=C/C/C=C/CCCCCCCC(=O)OC[C@H](COP(=O)(O)OC[C@H](N)C(=O)O)OC(=O)CCCCCCCCCCCCCCCCCCC. The van der Waals surface area contributed by atoms with Gasteiger partial charge in [0.2, 0.25) is 0 Å². The summed E-state index contributed by atoms with van der Waals surface area (Å²) in [4.78, 5) is 45.9. The molecule has 0 saturated carbocycles. The summed E-state index contributed by atoms with van der Waals surface area (Å²) in [6.45, 7) is 2.76. The lowest BCUT2D eigenvalue weighted by Gasteiger charge is -2.20. The maximum atomic E-state index is 12.6. The van der Waals surface area contributed by atoms with Gasteiger partial charge in [0.05, 0.1) is 13.2 Å². The van der Waals surface area contributed by atoms with Crippen LogP contribution in [0.3, 0.4) is 0 Å². The Kier molecular flexibility index (Phi) is 37.4. The number of carbonyl (C=O) groups is 3. The second-order valence-corrected chi connectivity index (χ2v) is 16.3. The molecule has 0 fully saturated rings. The summed E-state index contributed by atoms with van der Waals surface area (Å²) in [6.07, 6.45) is 39.5. The number of phosphoric ester groups is 1. The standard InChI is InChI=1S/C43H80NO10P/c1-3-5-7-9-11-13-15-17-19-20-21-23-25-27-29-31-33-35-42(46)54-39(37-52-55(49,50)53-38-40(44)43(47)48)36-51-41(45)34-32-30-28-26-24-22-18-16-14-12-10-8-6-4-2/h10,12,16,18,39-40H,3-9,11,13-15,17,19-38,44H2,1-2H3,(H,47,48)(H,49,50)/b12-10+,18-16+/t39-,40+/m1/s1. The summed E-state index contributed by atoms with van der Waals surface area (Å²) < 4.78 is 32.7. The van der Waals surface area contributed by atoms with E-state index in [1.54, 1.807) is 0 Å². The van der Waals surface area contributed by atoms with Gasteiger partial charge in [0.1, 0.15) is 12.6 Å². The molecule has 11 nitrogen and oxygen atoms in total. The van der Waals surface area contributed by atoms with Gasteiger partial charge in [-0.1, -0.05) is 173 Å². The molecule has 322 valence electrons. The van der Waals surface area contributed by atoms with Crippen molar-refractivity contribution in [3.8, 4) is 0 Å². The molecule has 0 amide bonds. The molecule has 0 bridgehead atoms. The Morgan fingerprint density at radius 2 is 0.982 bits per heavy atom. The van der Waals surface area contributed by atoms with Crippen LogP contribution in [0, 0.1) is 0 Å². The largest absolute Gasteiger partial charge is 0.480 e. The van der Waals surface area contributed by atoms with E-state index in [4.69, 9.17) is 24.8 Å². The predicted molar refractivity (Wildman–Crippen MR) is 222 cm³/mol. The van der Waals surface area contributed by atoms with Crippen molar-refractivity contribution in [2.45, 2.75) is 212 Å². The lowest BCUT2D eigenvalue weighted by atomic mass is 10.0. The summed E-state index contributed by atoms with van der Waals surface area (Å²) in [6, 6.07) is -1.52. The zero-order chi connectivity index (χ0) is 40.7. The number of unbranched alkanes of at least 4 members (excludes halogenated alkanes) is 23. The third-order valence-electron chi connectivity index (χ3n) is 9.45. The highest BCUT2D eigenvalue weighted by molar-refractivity contribution is 7.47. The van der Waals surface area contributed by atoms with Crippen molar-refractivity contribution in [3.63, 3.8) is 0 Å². The van der Waals surface area contributed by atoms with Gasteiger partial charge >= 0.3 is 25.7 Å². The number of ether oxygens (including phenoxy) is 2. The average molecular weight is 802 g/mol. The lowest BCUT2D eigenvalue weighted by molar-refractivity contribution is -0.161. The van der Waals surface area contributed by atoms with E-state index < -0.39 is 51.1 Å². The van der Waals surface area contributed by atoms with Crippen molar-refractivity contribution in [3.05, 3.63) is 24.3 Å². The number of hydrogen-bond donors (Lipinski definition) is 3. The van der Waals surface area contributed by atoms with E-state index in [-0.39, 0.29) is 19.4 Å². The van der Waals surface area contributed by atoms with Crippen molar-refractivity contribution >= 4 is 25.7 Å². The lowest BCUT2D eigenvalue weighted by Crippen LogP contribution is -2.34. The van der Waals surface area contributed by atoms with Crippen LogP contribution in [-0.4, -0.2) is 59.9 Å². The highest BCUT2D eigenvalue weighted by Crippen LogP contribution is 2.43. The van der Waals surface area contributed by atoms with E-state index in [0.717, 1.165) is 64.2 Å². The number of nitrogens with two attached hydrogens (primary N) is 1. The number of phosphoric acid groups is 1. The van der Waals surface area contributed by atoms with Gasteiger partial charge in [-0.25, -0.2) is 4.57 Å². The number of carboxylic acid groups (broad SMARTS) is 1. The van der Waals surface area contributed by atoms with Gasteiger partial charge in [0.15, 0.2) is 6.10 Å². The average Bonchev–Trinajstić information content (AvgIpc) is 3.16. The number of allylic oxidation sites excluding steroid dienone is 4. The molecule has 0 aromatic rings. The van der Waals surface area contributed by atoms with Crippen LogP contribution in [0.2, 0.25) is 0 Å². The number of aliphatic carboxylic acids is 1. The quantitative estimate of drug-likeness (QED) is 0.0232. The molecular weight excluding hydrogens is 721 g/mol. The first-order valence-electron chi connectivity index (χ1n) is 21.9. The first kappa shape index (κ1) is 53.0. The fourth-order valence-corrected chi connectivity index (χ4v) is 6.74. The minimum absolute atomic E-state index is 0.162. The van der Waals surface area contributed by atoms with Gasteiger partial charge in [-0.05, 0) is 38.5 Å². The Hall–Kier alpha value is -2.04. The van der Waals surface area contributed by atoms with Crippen LogP contribution in [0.1, 0.15) is 200 Å². The second kappa shape index (κ2) is 38.8. The zero-order valence-electron chi connectivity index (χ0n) is 34.8. The van der Waals surface area contributed by atoms with E-state index in [9.17, 15) is 23.8 Å². The Morgan fingerprint density at radius 1 is 0.564 bits per heavy atom. The zero-order valence-corrected chi connectivity index (χ0v) is 35.7. The number of rotatable bonds is 41. The molecule has 12 heteroatoms. The van der Waals surface area contributed by atoms with Crippen molar-refractivity contribution in [2.75, 3.05) is 19.8 Å². The summed E-state index contributed by atoms with van der Waals surface area (Å²) in [5.41, 5.74) is 5.33. The molecule has 0 saturated heterocycles. The van der Waals surface area contributed by atoms with E-state index in [0.29, 0.717) is 12.8 Å². The Bertz CT molecular complexity index is 1040. The fraction of sp³-hybridized carbons (Fsp3) is 0.837. The Morgan fingerprint density at radius 3 is 1.47 bits per heavy atom. The number of carboxylic acids is 1. The fourth-order valence-electron chi connectivity index (χ4n) is 5.96. The van der Waals surface area contributed by atoms with Gasteiger partial charge in [-0.3, -0.25) is 23.4 Å². The van der Waals surface area contributed by atoms with Crippen molar-refractivity contribution in [2.24, 2.45) is 5.73 Å². The Labute approximate surface area is 334 Å². The molecule has 0 aromatic carbocycles. The first-order valence-corrected chi connectivity index (χ1v) is 23.4. The van der Waals surface area contributed by atoms with E-state index >= 15 is 0 Å². The minimum atomic E-state index is -4.71. The molecule has 0 aromatic heterocycles. The van der Waals surface area contributed by atoms with Gasteiger partial charge in [0, 0.05) is 12.8 Å². The molecule has 0 aliphatic heterocycles. The number of hydrogen-bond acceptors (Lipinski definition) is 9. The summed E-state index contributed by atoms with van der Waals surface area (Å²) in [5, 5.41) is 8.88. The van der Waals surface area contributed by atoms with Gasteiger partial charge < -0.3 is 25.2 Å². The summed E-state index contributed by atoms with van der Waals surface area (Å²) in [7, 11) is -4.71. The maximum absolute atomic E-state index is 12.6. The van der Waals surface area contributed by atoms with Crippen molar-refractivity contribution in [1.29, 1.82) is 0 Å². The smallest absolute Gasteiger partial charge is 0.472 e. The normalized spacial score (nSPS) is 14.0. The summed E-state index contributed by atoms with van der Waals surface area (Å²) >= 11 is 0. The molecule has 0 spiro atoms. The molecule has 0 radical (unpaired) electrons. The highest BCUT2D eigenvalue weighted by atomic mass is 31.2. The van der Waals surface area contributed by atoms with Crippen LogP contribution in [0.4, 0.5) is 0 Å². The van der Waals surface area contributed by atoms with Crippen LogP contribution in [-0.2, 0) is 37.5 Å². The van der Waals surface area contributed by atoms with Crippen LogP contribution < -0.4 is 5.73 Å². The highest BCUT2D eigenvalue weighted by Gasteiger charge is 2.28. The molecule has 0 heterocycles.